The molecular formula is C18H11Cl3N2O2. The van der Waals surface area contributed by atoms with E-state index in [2.05, 4.69) is 10.5 Å². The molecule has 4 nitrogen and oxygen atoms in total. The van der Waals surface area contributed by atoms with E-state index in [4.69, 9.17) is 39.2 Å². The van der Waals surface area contributed by atoms with E-state index in [0.29, 0.717) is 32.2 Å². The maximum atomic E-state index is 12.0. The Kier molecular flexibility index (Phi) is 5.43. The molecular weight excluding hydrogens is 383 g/mol. The van der Waals surface area contributed by atoms with Crippen LogP contribution in [0.5, 0.6) is 0 Å². The van der Waals surface area contributed by atoms with Crippen LogP contribution in [0.15, 0.2) is 64.1 Å². The fourth-order valence-corrected chi connectivity index (χ4v) is 2.61. The fraction of sp³-hybridized carbons (Fsp3) is 0. The number of benzene rings is 2. The molecule has 3 rings (SSSR count). The van der Waals surface area contributed by atoms with Crippen LogP contribution < -0.4 is 5.43 Å². The molecule has 0 spiro atoms. The van der Waals surface area contributed by atoms with Gasteiger partial charge < -0.3 is 4.42 Å². The fourth-order valence-electron chi connectivity index (χ4n) is 2.09. The first-order valence-corrected chi connectivity index (χ1v) is 8.31. The van der Waals surface area contributed by atoms with Crippen LogP contribution >= 0.6 is 34.8 Å². The second-order valence-corrected chi connectivity index (χ2v) is 6.23. The van der Waals surface area contributed by atoms with Crippen molar-refractivity contribution in [2.24, 2.45) is 5.10 Å². The molecule has 0 radical (unpaired) electrons. The van der Waals surface area contributed by atoms with Gasteiger partial charge in [-0.15, -0.1) is 0 Å². The number of nitrogens with zero attached hydrogens (tertiary/aromatic N) is 1. The van der Waals surface area contributed by atoms with Gasteiger partial charge >= 0.3 is 0 Å². The third-order valence-electron chi connectivity index (χ3n) is 3.31. The Morgan fingerprint density at radius 3 is 2.52 bits per heavy atom. The van der Waals surface area contributed by atoms with Crippen molar-refractivity contribution in [1.82, 2.24) is 5.43 Å². The third kappa shape index (κ3) is 4.23. The maximum absolute atomic E-state index is 12.0. The van der Waals surface area contributed by atoms with Crippen LogP contribution in [-0.4, -0.2) is 12.1 Å². The highest BCUT2D eigenvalue weighted by atomic mass is 35.5. The van der Waals surface area contributed by atoms with Gasteiger partial charge in [0.2, 0.25) is 0 Å². The molecule has 1 aromatic heterocycles. The molecule has 25 heavy (non-hydrogen) atoms. The molecule has 2 aromatic carbocycles. The highest BCUT2D eigenvalue weighted by Gasteiger charge is 2.09. The number of rotatable bonds is 4. The standard InChI is InChI=1S/C18H11Cl3N2O2/c19-14-4-2-1-3-13(14)18(24)23-22-10-12-6-8-17(25-12)11-5-7-15(20)16(21)9-11/h1-10H,(H,23,24)/b22-10-. The van der Waals surface area contributed by atoms with Crippen LogP contribution in [0.2, 0.25) is 15.1 Å². The molecule has 126 valence electrons. The van der Waals surface area contributed by atoms with Crippen molar-refractivity contribution in [3.05, 3.63) is 81.0 Å². The summed E-state index contributed by atoms with van der Waals surface area (Å²) in [6.07, 6.45) is 1.40. The number of hydrazone groups is 1. The summed E-state index contributed by atoms with van der Waals surface area (Å²) in [6.45, 7) is 0. The summed E-state index contributed by atoms with van der Waals surface area (Å²) in [5.74, 6) is 0.677. The summed E-state index contributed by atoms with van der Waals surface area (Å²) in [7, 11) is 0. The summed E-state index contributed by atoms with van der Waals surface area (Å²) in [5, 5.41) is 5.15. The Balaban J connectivity index is 1.69. The van der Waals surface area contributed by atoms with Crippen LogP contribution in [0.4, 0.5) is 0 Å². The lowest BCUT2D eigenvalue weighted by Crippen LogP contribution is -2.17. The maximum Gasteiger partial charge on any atom is 0.272 e. The normalized spacial score (nSPS) is 11.0. The topological polar surface area (TPSA) is 54.6 Å². The van der Waals surface area contributed by atoms with Crippen molar-refractivity contribution in [3.63, 3.8) is 0 Å². The lowest BCUT2D eigenvalue weighted by molar-refractivity contribution is 0.0955. The minimum atomic E-state index is -0.405. The van der Waals surface area contributed by atoms with E-state index in [1.165, 1.54) is 6.21 Å². The van der Waals surface area contributed by atoms with Gasteiger partial charge in [-0.3, -0.25) is 4.79 Å². The van der Waals surface area contributed by atoms with Gasteiger partial charge in [-0.2, -0.15) is 5.10 Å². The molecule has 0 fully saturated rings. The second kappa shape index (κ2) is 7.74. The number of furan rings is 1. The first-order valence-electron chi connectivity index (χ1n) is 7.18. The van der Waals surface area contributed by atoms with Gasteiger partial charge in [0.15, 0.2) is 0 Å². The van der Waals surface area contributed by atoms with Crippen molar-refractivity contribution in [1.29, 1.82) is 0 Å². The molecule has 0 aliphatic heterocycles. The summed E-state index contributed by atoms with van der Waals surface area (Å²) >= 11 is 17.9. The number of amides is 1. The zero-order valence-corrected chi connectivity index (χ0v) is 14.9. The minimum absolute atomic E-state index is 0.345. The van der Waals surface area contributed by atoms with Crippen molar-refractivity contribution in [2.75, 3.05) is 0 Å². The number of carbonyl (C=O) groups excluding carboxylic acids is 1. The van der Waals surface area contributed by atoms with E-state index < -0.39 is 5.91 Å². The first kappa shape index (κ1) is 17.5. The van der Waals surface area contributed by atoms with Gasteiger partial charge in [-0.05, 0) is 42.5 Å². The molecule has 1 N–H and O–H groups in total. The van der Waals surface area contributed by atoms with Crippen molar-refractivity contribution in [2.45, 2.75) is 0 Å². The molecule has 0 aliphatic rings. The quantitative estimate of drug-likeness (QED) is 0.458. The van der Waals surface area contributed by atoms with Crippen LogP contribution in [0, 0.1) is 0 Å². The number of halogens is 3. The minimum Gasteiger partial charge on any atom is -0.455 e. The molecule has 1 heterocycles. The lowest BCUT2D eigenvalue weighted by Gasteiger charge is -2.01. The largest absolute Gasteiger partial charge is 0.455 e. The van der Waals surface area contributed by atoms with Crippen LogP contribution in [0.3, 0.4) is 0 Å². The van der Waals surface area contributed by atoms with Crippen LogP contribution in [0.1, 0.15) is 16.1 Å². The molecule has 0 bridgehead atoms. The molecule has 0 unspecified atom stereocenters. The highest BCUT2D eigenvalue weighted by molar-refractivity contribution is 6.42. The van der Waals surface area contributed by atoms with Gasteiger partial charge in [-0.25, -0.2) is 5.43 Å². The summed E-state index contributed by atoms with van der Waals surface area (Å²) < 4.78 is 5.65. The highest BCUT2D eigenvalue weighted by Crippen LogP contribution is 2.29. The van der Waals surface area contributed by atoms with Crippen molar-refractivity contribution < 1.29 is 9.21 Å². The lowest BCUT2D eigenvalue weighted by atomic mass is 10.2. The molecule has 0 saturated carbocycles. The first-order chi connectivity index (χ1) is 12.0. The Bertz CT molecular complexity index is 951. The van der Waals surface area contributed by atoms with E-state index in [1.54, 1.807) is 54.6 Å². The number of carbonyl (C=O) groups is 1. The molecule has 0 saturated heterocycles. The van der Waals surface area contributed by atoms with Gasteiger partial charge in [0.05, 0.1) is 26.8 Å². The Morgan fingerprint density at radius 1 is 0.960 bits per heavy atom. The average Bonchev–Trinajstić information content (AvgIpc) is 3.06. The number of hydrogen-bond acceptors (Lipinski definition) is 3. The van der Waals surface area contributed by atoms with E-state index in [0.717, 1.165) is 5.56 Å². The SMILES string of the molecule is O=C(N/N=C\c1ccc(-c2ccc(Cl)c(Cl)c2)o1)c1ccccc1Cl. The molecule has 3 aromatic rings. The van der Waals surface area contributed by atoms with Gasteiger partial charge in [0, 0.05) is 5.56 Å². The predicted molar refractivity (Wildman–Crippen MR) is 101 cm³/mol. The number of hydrogen-bond donors (Lipinski definition) is 1. The smallest absolute Gasteiger partial charge is 0.272 e. The molecule has 0 atom stereocenters. The summed E-state index contributed by atoms with van der Waals surface area (Å²) in [5.41, 5.74) is 3.53. The average molecular weight is 394 g/mol. The van der Waals surface area contributed by atoms with Gasteiger partial charge in [-0.1, -0.05) is 46.9 Å². The Hall–Kier alpha value is -2.27. The van der Waals surface area contributed by atoms with E-state index in [-0.39, 0.29) is 0 Å². The summed E-state index contributed by atoms with van der Waals surface area (Å²) in [4.78, 5) is 12.0. The van der Waals surface area contributed by atoms with E-state index >= 15 is 0 Å². The Morgan fingerprint density at radius 2 is 1.76 bits per heavy atom. The second-order valence-electron chi connectivity index (χ2n) is 5.01. The van der Waals surface area contributed by atoms with Crippen molar-refractivity contribution >= 4 is 46.9 Å². The van der Waals surface area contributed by atoms with Crippen LogP contribution in [0.25, 0.3) is 11.3 Å². The number of nitrogens with one attached hydrogen (secondary N) is 1. The molecule has 7 heteroatoms. The molecule has 0 aliphatic carbocycles. The van der Waals surface area contributed by atoms with E-state index in [1.807, 2.05) is 0 Å². The van der Waals surface area contributed by atoms with Gasteiger partial charge in [0.1, 0.15) is 11.5 Å². The predicted octanol–water partition coefficient (Wildman–Crippen LogP) is 5.67. The zero-order chi connectivity index (χ0) is 17.8. The molecule has 1 amide bonds. The van der Waals surface area contributed by atoms with E-state index in [9.17, 15) is 4.79 Å². The van der Waals surface area contributed by atoms with Gasteiger partial charge in [0.25, 0.3) is 5.91 Å². The summed E-state index contributed by atoms with van der Waals surface area (Å²) in [6, 6.07) is 15.4. The zero-order valence-electron chi connectivity index (χ0n) is 12.7. The third-order valence-corrected chi connectivity index (χ3v) is 4.38. The van der Waals surface area contributed by atoms with Crippen molar-refractivity contribution in [3.8, 4) is 11.3 Å². The van der Waals surface area contributed by atoms with Crippen LogP contribution in [-0.2, 0) is 0 Å². The Labute approximate surface area is 159 Å². The monoisotopic (exact) mass is 392 g/mol.